The van der Waals surface area contributed by atoms with E-state index >= 15 is 0 Å². The molecule has 0 bridgehead atoms. The molecule has 0 aliphatic rings. The SMILES string of the molecule is C#CCC(CCCC)(C(=O)OCC)C(=O)OCC. The van der Waals surface area contributed by atoms with Crippen LogP contribution in [-0.2, 0) is 19.1 Å². The molecule has 4 nitrogen and oxygen atoms in total. The zero-order valence-corrected chi connectivity index (χ0v) is 11.5. The van der Waals surface area contributed by atoms with Gasteiger partial charge < -0.3 is 9.47 Å². The maximum atomic E-state index is 12.1. The van der Waals surface area contributed by atoms with Crippen LogP contribution in [0.1, 0.15) is 46.5 Å². The fraction of sp³-hybridized carbons (Fsp3) is 0.714. The van der Waals surface area contributed by atoms with E-state index in [1.807, 2.05) is 6.92 Å². The van der Waals surface area contributed by atoms with E-state index in [0.717, 1.165) is 12.8 Å². The van der Waals surface area contributed by atoms with E-state index in [4.69, 9.17) is 15.9 Å². The number of esters is 2. The topological polar surface area (TPSA) is 52.6 Å². The summed E-state index contributed by atoms with van der Waals surface area (Å²) in [7, 11) is 0. The van der Waals surface area contributed by atoms with Crippen LogP contribution in [-0.4, -0.2) is 25.2 Å². The highest BCUT2D eigenvalue weighted by atomic mass is 16.6. The summed E-state index contributed by atoms with van der Waals surface area (Å²) in [6.45, 7) is 5.82. The summed E-state index contributed by atoms with van der Waals surface area (Å²) in [5.41, 5.74) is -1.34. The van der Waals surface area contributed by atoms with Gasteiger partial charge in [0, 0.05) is 6.42 Å². The van der Waals surface area contributed by atoms with Gasteiger partial charge in [0.25, 0.3) is 0 Å². The maximum absolute atomic E-state index is 12.1. The van der Waals surface area contributed by atoms with Crippen molar-refractivity contribution >= 4 is 11.9 Å². The van der Waals surface area contributed by atoms with E-state index in [1.54, 1.807) is 13.8 Å². The highest BCUT2D eigenvalue weighted by Gasteiger charge is 2.47. The molecule has 0 atom stereocenters. The summed E-state index contributed by atoms with van der Waals surface area (Å²) in [6.07, 6.45) is 7.26. The Balaban J connectivity index is 5.20. The van der Waals surface area contributed by atoms with Gasteiger partial charge >= 0.3 is 11.9 Å². The van der Waals surface area contributed by atoms with Crippen LogP contribution in [0.2, 0.25) is 0 Å². The van der Waals surface area contributed by atoms with E-state index in [9.17, 15) is 9.59 Å². The molecule has 18 heavy (non-hydrogen) atoms. The zero-order chi connectivity index (χ0) is 14.0. The van der Waals surface area contributed by atoms with Crippen molar-refractivity contribution in [1.82, 2.24) is 0 Å². The van der Waals surface area contributed by atoms with Crippen molar-refractivity contribution in [1.29, 1.82) is 0 Å². The number of unbranched alkanes of at least 4 members (excludes halogenated alkanes) is 1. The van der Waals surface area contributed by atoms with Gasteiger partial charge in [-0.25, -0.2) is 0 Å². The van der Waals surface area contributed by atoms with Gasteiger partial charge in [0.05, 0.1) is 13.2 Å². The van der Waals surface area contributed by atoms with Gasteiger partial charge in [-0.3, -0.25) is 9.59 Å². The lowest BCUT2D eigenvalue weighted by molar-refractivity contribution is -0.172. The molecular formula is C14H22O4. The molecule has 0 rings (SSSR count). The first-order chi connectivity index (χ1) is 8.58. The predicted octanol–water partition coefficient (Wildman–Crippen LogP) is 2.31. The van der Waals surface area contributed by atoms with Crippen molar-refractivity contribution in [2.45, 2.75) is 46.5 Å². The third-order valence-electron chi connectivity index (χ3n) is 2.69. The first-order valence-electron chi connectivity index (χ1n) is 6.36. The van der Waals surface area contributed by atoms with Crippen molar-refractivity contribution < 1.29 is 19.1 Å². The Hall–Kier alpha value is -1.50. The number of hydrogen-bond acceptors (Lipinski definition) is 4. The Bertz CT molecular complexity index is 296. The third kappa shape index (κ3) is 4.06. The third-order valence-corrected chi connectivity index (χ3v) is 2.69. The summed E-state index contributed by atoms with van der Waals surface area (Å²) in [5, 5.41) is 0. The molecule has 0 aromatic rings. The highest BCUT2D eigenvalue weighted by Crippen LogP contribution is 2.32. The second-order valence-electron chi connectivity index (χ2n) is 4.01. The van der Waals surface area contributed by atoms with Crippen molar-refractivity contribution in [2.24, 2.45) is 5.41 Å². The molecule has 0 aliphatic carbocycles. The number of ether oxygens (including phenoxy) is 2. The second-order valence-corrected chi connectivity index (χ2v) is 4.01. The molecular weight excluding hydrogens is 232 g/mol. The summed E-state index contributed by atoms with van der Waals surface area (Å²) in [5.74, 6) is 1.25. The molecule has 0 saturated heterocycles. The molecule has 4 heteroatoms. The van der Waals surface area contributed by atoms with E-state index in [0.29, 0.717) is 6.42 Å². The number of terminal acetylenes is 1. The Morgan fingerprint density at radius 2 is 1.61 bits per heavy atom. The Morgan fingerprint density at radius 1 is 1.11 bits per heavy atom. The predicted molar refractivity (Wildman–Crippen MR) is 68.7 cm³/mol. The second kappa shape index (κ2) is 8.57. The lowest BCUT2D eigenvalue weighted by atomic mass is 9.79. The fourth-order valence-electron chi connectivity index (χ4n) is 1.71. The maximum Gasteiger partial charge on any atom is 0.324 e. The first-order valence-corrected chi connectivity index (χ1v) is 6.36. The van der Waals surface area contributed by atoms with E-state index in [2.05, 4.69) is 5.92 Å². The van der Waals surface area contributed by atoms with Crippen molar-refractivity contribution in [3.63, 3.8) is 0 Å². The normalized spacial score (nSPS) is 10.6. The molecule has 0 aromatic heterocycles. The minimum Gasteiger partial charge on any atom is -0.465 e. The Labute approximate surface area is 109 Å². The number of rotatable bonds is 8. The molecule has 0 amide bonds. The van der Waals surface area contributed by atoms with Crippen LogP contribution >= 0.6 is 0 Å². The standard InChI is InChI=1S/C14H22O4/c1-5-9-11-14(10-6-2,12(15)17-7-3)13(16)18-8-4/h2H,5,7-11H2,1,3-4H3. The van der Waals surface area contributed by atoms with Crippen LogP contribution < -0.4 is 0 Å². The lowest BCUT2D eigenvalue weighted by Gasteiger charge is -2.27. The largest absolute Gasteiger partial charge is 0.465 e. The zero-order valence-electron chi connectivity index (χ0n) is 11.5. The van der Waals surface area contributed by atoms with Crippen molar-refractivity contribution in [2.75, 3.05) is 13.2 Å². The van der Waals surface area contributed by atoms with Gasteiger partial charge in [-0.1, -0.05) is 19.8 Å². The highest BCUT2D eigenvalue weighted by molar-refractivity contribution is 6.00. The molecule has 0 aliphatic heterocycles. The Kier molecular flexibility index (Phi) is 7.86. The average Bonchev–Trinajstić information content (AvgIpc) is 2.35. The minimum atomic E-state index is -1.34. The van der Waals surface area contributed by atoms with Crippen LogP contribution in [0.3, 0.4) is 0 Å². The van der Waals surface area contributed by atoms with Gasteiger partial charge in [-0.15, -0.1) is 12.3 Å². The number of carbonyl (C=O) groups excluding carboxylic acids is 2. The molecule has 0 fully saturated rings. The summed E-state index contributed by atoms with van der Waals surface area (Å²) < 4.78 is 9.98. The van der Waals surface area contributed by atoms with Gasteiger partial charge in [0.2, 0.25) is 0 Å². The van der Waals surface area contributed by atoms with Crippen LogP contribution in [0.5, 0.6) is 0 Å². The lowest BCUT2D eigenvalue weighted by Crippen LogP contribution is -2.42. The van der Waals surface area contributed by atoms with Gasteiger partial charge in [0.1, 0.15) is 0 Å². The molecule has 0 aromatic carbocycles. The van der Waals surface area contributed by atoms with Crippen LogP contribution in [0.15, 0.2) is 0 Å². The van der Waals surface area contributed by atoms with Crippen LogP contribution in [0.25, 0.3) is 0 Å². The van der Waals surface area contributed by atoms with Crippen LogP contribution in [0, 0.1) is 17.8 Å². The molecule has 0 unspecified atom stereocenters. The molecule has 0 spiro atoms. The fourth-order valence-corrected chi connectivity index (χ4v) is 1.71. The Morgan fingerprint density at radius 3 is 1.94 bits per heavy atom. The van der Waals surface area contributed by atoms with E-state index < -0.39 is 17.4 Å². The van der Waals surface area contributed by atoms with Crippen LogP contribution in [0.4, 0.5) is 0 Å². The molecule has 102 valence electrons. The smallest absolute Gasteiger partial charge is 0.324 e. The van der Waals surface area contributed by atoms with Gasteiger partial charge in [-0.05, 0) is 20.3 Å². The summed E-state index contributed by atoms with van der Waals surface area (Å²) >= 11 is 0. The summed E-state index contributed by atoms with van der Waals surface area (Å²) in [6, 6.07) is 0. The first kappa shape index (κ1) is 16.5. The molecule has 0 saturated carbocycles. The van der Waals surface area contributed by atoms with E-state index in [1.165, 1.54) is 0 Å². The monoisotopic (exact) mass is 254 g/mol. The van der Waals surface area contributed by atoms with Gasteiger partial charge in [0.15, 0.2) is 5.41 Å². The van der Waals surface area contributed by atoms with Crippen molar-refractivity contribution in [3.8, 4) is 12.3 Å². The molecule has 0 N–H and O–H groups in total. The summed E-state index contributed by atoms with van der Waals surface area (Å²) in [4.78, 5) is 24.1. The molecule has 0 heterocycles. The molecule has 0 radical (unpaired) electrons. The average molecular weight is 254 g/mol. The number of carbonyl (C=O) groups is 2. The quantitative estimate of drug-likeness (QED) is 0.379. The number of hydrogen-bond donors (Lipinski definition) is 0. The minimum absolute atomic E-state index is 0.0185. The van der Waals surface area contributed by atoms with Crippen molar-refractivity contribution in [3.05, 3.63) is 0 Å². The van der Waals surface area contributed by atoms with Gasteiger partial charge in [-0.2, -0.15) is 0 Å². The van der Waals surface area contributed by atoms with E-state index in [-0.39, 0.29) is 19.6 Å².